The Bertz CT molecular complexity index is 558. The molecule has 0 bridgehead atoms. The van der Waals surface area contributed by atoms with E-state index in [-0.39, 0.29) is 12.4 Å². The molecule has 0 aliphatic rings. The molecule has 0 aliphatic heterocycles. The first kappa shape index (κ1) is 16.3. The third-order valence-corrected chi connectivity index (χ3v) is 5.08. The van der Waals surface area contributed by atoms with E-state index in [4.69, 9.17) is 0 Å². The van der Waals surface area contributed by atoms with Gasteiger partial charge in [-0.05, 0) is 25.0 Å². The summed E-state index contributed by atoms with van der Waals surface area (Å²) in [4.78, 5) is 0.546. The van der Waals surface area contributed by atoms with Crippen LogP contribution in [-0.2, 0) is 11.9 Å². The van der Waals surface area contributed by atoms with Gasteiger partial charge in [-0.1, -0.05) is 19.4 Å². The highest BCUT2D eigenvalue weighted by Crippen LogP contribution is 2.51. The minimum absolute atomic E-state index is 0. The van der Waals surface area contributed by atoms with E-state index in [9.17, 15) is 13.2 Å². The summed E-state index contributed by atoms with van der Waals surface area (Å²) >= 11 is 0. The number of rotatable bonds is 3. The second-order valence-corrected chi connectivity index (χ2v) is 6.55. The van der Waals surface area contributed by atoms with Crippen molar-refractivity contribution >= 4 is 20.6 Å². The monoisotopic (exact) mass is 308 g/mol. The molecular weight excluding hydrogens is 293 g/mol. The molecule has 0 radical (unpaired) electrons. The molecule has 0 saturated carbocycles. The maximum absolute atomic E-state index is 13.2. The molecule has 0 saturated heterocycles. The van der Waals surface area contributed by atoms with Gasteiger partial charge >= 0.3 is 5.51 Å². The minimum Gasteiger partial charge on any atom is -1.00 e. The number of hydrogen-bond acceptors (Lipinski definition) is 0. The number of fused-ring (bicyclic) bond motifs is 1. The first-order valence-electron chi connectivity index (χ1n) is 6.06. The van der Waals surface area contributed by atoms with Gasteiger partial charge in [0.1, 0.15) is 0 Å². The molecule has 19 heavy (non-hydrogen) atoms. The predicted octanol–water partition coefficient (Wildman–Crippen LogP) is 2.72. The average Bonchev–Trinajstić information content (AvgIpc) is 2.63. The Labute approximate surface area is 120 Å². The Morgan fingerprint density at radius 1 is 1.16 bits per heavy atom. The van der Waals surface area contributed by atoms with E-state index < -0.39 is 16.0 Å². The Morgan fingerprint density at radius 3 is 2.42 bits per heavy atom. The molecule has 0 nitrogen and oxygen atoms in total. The number of thiophene rings is 1. The van der Waals surface area contributed by atoms with Crippen molar-refractivity contribution in [3.05, 3.63) is 34.7 Å². The van der Waals surface area contributed by atoms with E-state index in [0.29, 0.717) is 16.0 Å². The summed E-state index contributed by atoms with van der Waals surface area (Å²) < 4.78 is 40.1. The van der Waals surface area contributed by atoms with Crippen LogP contribution < -0.4 is 12.4 Å². The summed E-state index contributed by atoms with van der Waals surface area (Å²) in [6.07, 6.45) is 2.28. The van der Waals surface area contributed by atoms with Crippen LogP contribution in [0.3, 0.4) is 0 Å². The van der Waals surface area contributed by atoms with Crippen LogP contribution in [0.1, 0.15) is 30.2 Å². The second kappa shape index (κ2) is 6.14. The van der Waals surface area contributed by atoms with E-state index in [1.807, 2.05) is 19.9 Å². The molecule has 0 aliphatic carbocycles. The predicted molar refractivity (Wildman–Crippen MR) is 71.1 cm³/mol. The van der Waals surface area contributed by atoms with Crippen LogP contribution in [0.4, 0.5) is 13.2 Å². The van der Waals surface area contributed by atoms with E-state index in [1.54, 1.807) is 18.2 Å². The lowest BCUT2D eigenvalue weighted by molar-refractivity contribution is -0.0867. The van der Waals surface area contributed by atoms with Gasteiger partial charge in [-0.3, -0.25) is 0 Å². The van der Waals surface area contributed by atoms with E-state index >= 15 is 0 Å². The van der Waals surface area contributed by atoms with Crippen molar-refractivity contribution in [2.45, 2.75) is 38.6 Å². The Balaban J connectivity index is 0.00000180. The van der Waals surface area contributed by atoms with Crippen LogP contribution in [0.2, 0.25) is 0 Å². The molecule has 0 spiro atoms. The van der Waals surface area contributed by atoms with Gasteiger partial charge in [0.2, 0.25) is 0 Å². The van der Waals surface area contributed by atoms with Gasteiger partial charge in [0.15, 0.2) is 9.58 Å². The first-order valence-corrected chi connectivity index (χ1v) is 7.28. The summed E-state index contributed by atoms with van der Waals surface area (Å²) in [7, 11) is -1.71. The summed E-state index contributed by atoms with van der Waals surface area (Å²) in [5.74, 6) is 0. The zero-order valence-corrected chi connectivity index (χ0v) is 12.4. The number of alkyl halides is 3. The molecule has 1 atom stereocenters. The molecule has 1 aromatic heterocycles. The Kier molecular flexibility index (Phi) is 5.27. The highest BCUT2D eigenvalue weighted by atomic mass is 35.5. The molecule has 0 N–H and O–H groups in total. The third-order valence-electron chi connectivity index (χ3n) is 2.98. The summed E-state index contributed by atoms with van der Waals surface area (Å²) in [6.45, 7) is 3.83. The van der Waals surface area contributed by atoms with Crippen LogP contribution in [-0.4, -0.2) is 0 Å². The zero-order valence-electron chi connectivity index (χ0n) is 10.9. The summed E-state index contributed by atoms with van der Waals surface area (Å²) in [6, 6.07) is 7.09. The lowest BCUT2D eigenvalue weighted by atomic mass is 10.1. The van der Waals surface area contributed by atoms with Gasteiger partial charge in [0.05, 0.1) is 10.5 Å². The van der Waals surface area contributed by atoms with Crippen molar-refractivity contribution in [1.29, 1.82) is 0 Å². The third kappa shape index (κ3) is 3.42. The maximum Gasteiger partial charge on any atom is 0.600 e. The number of aryl methyl sites for hydroxylation is 2. The number of halogens is 4. The van der Waals surface area contributed by atoms with Crippen LogP contribution >= 0.6 is 10.5 Å². The van der Waals surface area contributed by atoms with Gasteiger partial charge in [-0.15, -0.1) is 13.2 Å². The molecule has 2 aromatic rings. The Hall–Kier alpha value is -0.740. The summed E-state index contributed by atoms with van der Waals surface area (Å²) in [5, 5.41) is 0.743. The minimum atomic E-state index is -4.15. The van der Waals surface area contributed by atoms with Crippen molar-refractivity contribution in [2.75, 3.05) is 0 Å². The van der Waals surface area contributed by atoms with E-state index in [2.05, 4.69) is 0 Å². The normalized spacial score (nSPS) is 12.6. The van der Waals surface area contributed by atoms with E-state index in [0.717, 1.165) is 23.8 Å². The lowest BCUT2D eigenvalue weighted by Crippen LogP contribution is -3.00. The van der Waals surface area contributed by atoms with Gasteiger partial charge in [0, 0.05) is 23.9 Å². The standard InChI is InChI=1S/C14H16F3S.ClH/c1-3-4-5-12-9-11-7-6-10(2)8-13(11)18(12)14(15,16)17;/h6-9H,3-5H2,1-2H3;1H/q+1;/p-1. The average molecular weight is 309 g/mol. The number of hydrogen-bond donors (Lipinski definition) is 0. The van der Waals surface area contributed by atoms with Crippen LogP contribution in [0.15, 0.2) is 24.3 Å². The molecule has 0 amide bonds. The SMILES string of the molecule is CCCCc1cc2ccc(C)cc2[s+]1C(F)(F)F.[Cl-]. The highest BCUT2D eigenvalue weighted by Gasteiger charge is 2.47. The molecule has 1 aromatic carbocycles. The molecule has 2 rings (SSSR count). The fourth-order valence-electron chi connectivity index (χ4n) is 2.11. The van der Waals surface area contributed by atoms with Crippen molar-refractivity contribution in [1.82, 2.24) is 0 Å². The van der Waals surface area contributed by atoms with Gasteiger partial charge in [-0.2, -0.15) is 0 Å². The van der Waals surface area contributed by atoms with Crippen molar-refractivity contribution in [3.8, 4) is 0 Å². The zero-order chi connectivity index (χ0) is 13.3. The Morgan fingerprint density at radius 2 is 1.84 bits per heavy atom. The van der Waals surface area contributed by atoms with Gasteiger partial charge in [0.25, 0.3) is 0 Å². The number of benzene rings is 1. The molecule has 106 valence electrons. The van der Waals surface area contributed by atoms with Crippen molar-refractivity contribution in [3.63, 3.8) is 0 Å². The smallest absolute Gasteiger partial charge is 0.600 e. The first-order chi connectivity index (χ1) is 8.43. The lowest BCUT2D eigenvalue weighted by Gasteiger charge is -2.00. The largest absolute Gasteiger partial charge is 1.00 e. The van der Waals surface area contributed by atoms with Gasteiger partial charge in [-0.25, -0.2) is 0 Å². The highest BCUT2D eigenvalue weighted by molar-refractivity contribution is 7.38. The summed E-state index contributed by atoms with van der Waals surface area (Å²) in [5.41, 5.74) is -3.26. The topological polar surface area (TPSA) is 0 Å². The van der Waals surface area contributed by atoms with Crippen LogP contribution in [0.25, 0.3) is 10.1 Å². The van der Waals surface area contributed by atoms with Crippen molar-refractivity contribution in [2.24, 2.45) is 0 Å². The maximum atomic E-state index is 13.2. The van der Waals surface area contributed by atoms with Crippen LogP contribution in [0, 0.1) is 6.92 Å². The second-order valence-electron chi connectivity index (χ2n) is 4.51. The molecule has 0 fully saturated rings. The quantitative estimate of drug-likeness (QED) is 0.765. The fourth-order valence-corrected chi connectivity index (χ4v) is 4.20. The molecular formula is C14H16ClF3S. The number of unbranched alkanes of at least 4 members (excludes halogenated alkanes) is 1. The fraction of sp³-hybridized carbons (Fsp3) is 0.429. The van der Waals surface area contributed by atoms with E-state index in [1.165, 1.54) is 0 Å². The van der Waals surface area contributed by atoms with Crippen molar-refractivity contribution < 1.29 is 25.6 Å². The molecule has 1 unspecified atom stereocenters. The van der Waals surface area contributed by atoms with Gasteiger partial charge < -0.3 is 12.4 Å². The van der Waals surface area contributed by atoms with Crippen LogP contribution in [0.5, 0.6) is 0 Å². The molecule has 5 heteroatoms. The molecule has 1 heterocycles.